The fraction of sp³-hybridized carbons (Fsp3) is 0.636. The van der Waals surface area contributed by atoms with E-state index in [1.54, 1.807) is 6.20 Å². The average molecular weight is 189 g/mol. The molecular weight excluding hydrogens is 174 g/mol. The minimum Gasteiger partial charge on any atom is -0.368 e. The van der Waals surface area contributed by atoms with Gasteiger partial charge < -0.3 is 5.73 Å². The molecule has 0 saturated heterocycles. The highest BCUT2D eigenvalue weighted by Gasteiger charge is 2.40. The third kappa shape index (κ3) is 1.19. The predicted octanol–water partition coefficient (Wildman–Crippen LogP) is 1.96. The molecule has 2 aliphatic carbocycles. The second-order valence-corrected chi connectivity index (χ2v) is 4.62. The molecule has 0 spiro atoms. The SMILES string of the molecule is Nc1nccc(C2CC3CCC2C3)n1. The second kappa shape index (κ2) is 2.94. The fourth-order valence-electron chi connectivity index (χ4n) is 3.20. The van der Waals surface area contributed by atoms with Crippen LogP contribution in [0.25, 0.3) is 0 Å². The Hall–Kier alpha value is -1.12. The molecule has 3 unspecified atom stereocenters. The Morgan fingerprint density at radius 1 is 1.29 bits per heavy atom. The number of hydrogen-bond acceptors (Lipinski definition) is 3. The van der Waals surface area contributed by atoms with Crippen molar-refractivity contribution >= 4 is 5.95 Å². The molecule has 0 amide bonds. The summed E-state index contributed by atoms with van der Waals surface area (Å²) in [7, 11) is 0. The third-order valence-corrected chi connectivity index (χ3v) is 3.81. The maximum atomic E-state index is 5.60. The van der Waals surface area contributed by atoms with Gasteiger partial charge in [0, 0.05) is 17.8 Å². The van der Waals surface area contributed by atoms with Crippen molar-refractivity contribution in [3.05, 3.63) is 18.0 Å². The number of anilines is 1. The van der Waals surface area contributed by atoms with Crippen molar-refractivity contribution in [2.75, 3.05) is 5.73 Å². The van der Waals surface area contributed by atoms with Crippen molar-refractivity contribution in [2.45, 2.75) is 31.6 Å². The predicted molar refractivity (Wildman–Crippen MR) is 54.6 cm³/mol. The van der Waals surface area contributed by atoms with E-state index < -0.39 is 0 Å². The Morgan fingerprint density at radius 2 is 2.21 bits per heavy atom. The van der Waals surface area contributed by atoms with Crippen LogP contribution in [0.4, 0.5) is 5.95 Å². The molecule has 2 fully saturated rings. The molecule has 1 aromatic heterocycles. The summed E-state index contributed by atoms with van der Waals surface area (Å²) >= 11 is 0. The van der Waals surface area contributed by atoms with Crippen LogP contribution in [-0.4, -0.2) is 9.97 Å². The van der Waals surface area contributed by atoms with Crippen LogP contribution in [0.3, 0.4) is 0 Å². The lowest BCUT2D eigenvalue weighted by Gasteiger charge is -2.20. The summed E-state index contributed by atoms with van der Waals surface area (Å²) in [5, 5.41) is 0. The first-order valence-corrected chi connectivity index (χ1v) is 5.41. The quantitative estimate of drug-likeness (QED) is 0.734. The standard InChI is InChI=1S/C11H15N3/c12-11-13-4-3-10(14-11)9-6-7-1-2-8(9)5-7/h3-4,7-9H,1-2,5-6H2,(H2,12,13,14). The first-order chi connectivity index (χ1) is 6.83. The van der Waals surface area contributed by atoms with E-state index in [4.69, 9.17) is 5.73 Å². The zero-order valence-corrected chi connectivity index (χ0v) is 8.19. The Morgan fingerprint density at radius 3 is 2.86 bits per heavy atom. The maximum absolute atomic E-state index is 5.60. The maximum Gasteiger partial charge on any atom is 0.220 e. The van der Waals surface area contributed by atoms with Crippen LogP contribution < -0.4 is 5.73 Å². The molecule has 1 aromatic rings. The van der Waals surface area contributed by atoms with Gasteiger partial charge in [-0.2, -0.15) is 0 Å². The van der Waals surface area contributed by atoms with Gasteiger partial charge in [0.2, 0.25) is 5.95 Å². The van der Waals surface area contributed by atoms with E-state index in [-0.39, 0.29) is 0 Å². The number of fused-ring (bicyclic) bond motifs is 2. The second-order valence-electron chi connectivity index (χ2n) is 4.62. The van der Waals surface area contributed by atoms with Gasteiger partial charge in [-0.1, -0.05) is 6.42 Å². The van der Waals surface area contributed by atoms with Gasteiger partial charge in [-0.3, -0.25) is 0 Å². The monoisotopic (exact) mass is 189 g/mol. The van der Waals surface area contributed by atoms with E-state index in [1.165, 1.54) is 31.4 Å². The number of nitrogens with zero attached hydrogens (tertiary/aromatic N) is 2. The number of hydrogen-bond donors (Lipinski definition) is 1. The largest absolute Gasteiger partial charge is 0.368 e. The lowest BCUT2D eigenvalue weighted by molar-refractivity contribution is 0.413. The van der Waals surface area contributed by atoms with Gasteiger partial charge in [0.25, 0.3) is 0 Å². The highest BCUT2D eigenvalue weighted by Crippen LogP contribution is 2.52. The molecule has 14 heavy (non-hydrogen) atoms. The first kappa shape index (κ1) is 8.21. The van der Waals surface area contributed by atoms with E-state index in [9.17, 15) is 0 Å². The summed E-state index contributed by atoms with van der Waals surface area (Å²) in [6.07, 6.45) is 7.33. The average Bonchev–Trinajstić information content (AvgIpc) is 2.78. The summed E-state index contributed by atoms with van der Waals surface area (Å²) in [6.45, 7) is 0. The van der Waals surface area contributed by atoms with E-state index in [0.29, 0.717) is 11.9 Å². The van der Waals surface area contributed by atoms with Crippen LogP contribution in [0.5, 0.6) is 0 Å². The van der Waals surface area contributed by atoms with E-state index in [0.717, 1.165) is 11.8 Å². The zero-order chi connectivity index (χ0) is 9.54. The molecule has 3 heteroatoms. The molecule has 74 valence electrons. The van der Waals surface area contributed by atoms with Crippen molar-refractivity contribution < 1.29 is 0 Å². The van der Waals surface area contributed by atoms with Crippen LogP contribution in [0.15, 0.2) is 12.3 Å². The van der Waals surface area contributed by atoms with Crippen LogP contribution >= 0.6 is 0 Å². The molecule has 0 aliphatic heterocycles. The van der Waals surface area contributed by atoms with Crippen molar-refractivity contribution in [3.8, 4) is 0 Å². The lowest BCUT2D eigenvalue weighted by atomic mass is 9.86. The highest BCUT2D eigenvalue weighted by atomic mass is 15.0. The molecule has 2 bridgehead atoms. The molecule has 2 saturated carbocycles. The summed E-state index contributed by atoms with van der Waals surface area (Å²) in [4.78, 5) is 8.28. The summed E-state index contributed by atoms with van der Waals surface area (Å²) in [5.41, 5.74) is 6.77. The number of nitrogens with two attached hydrogens (primary N) is 1. The van der Waals surface area contributed by atoms with E-state index in [1.807, 2.05) is 6.07 Å². The number of rotatable bonds is 1. The van der Waals surface area contributed by atoms with Crippen LogP contribution in [0, 0.1) is 11.8 Å². The first-order valence-electron chi connectivity index (χ1n) is 5.41. The van der Waals surface area contributed by atoms with Crippen LogP contribution in [0.1, 0.15) is 37.3 Å². The molecular formula is C11H15N3. The van der Waals surface area contributed by atoms with Crippen molar-refractivity contribution in [1.29, 1.82) is 0 Å². The molecule has 3 atom stereocenters. The number of aromatic nitrogens is 2. The van der Waals surface area contributed by atoms with Gasteiger partial charge in [0.1, 0.15) is 0 Å². The Bertz CT molecular complexity index is 350. The van der Waals surface area contributed by atoms with Crippen molar-refractivity contribution in [1.82, 2.24) is 9.97 Å². The van der Waals surface area contributed by atoms with Crippen LogP contribution in [-0.2, 0) is 0 Å². The van der Waals surface area contributed by atoms with Gasteiger partial charge in [0.15, 0.2) is 0 Å². The highest BCUT2D eigenvalue weighted by molar-refractivity contribution is 5.22. The zero-order valence-electron chi connectivity index (χ0n) is 8.19. The van der Waals surface area contributed by atoms with Gasteiger partial charge in [-0.05, 0) is 37.2 Å². The Labute approximate surface area is 83.8 Å². The summed E-state index contributed by atoms with van der Waals surface area (Å²) in [5.74, 6) is 2.92. The molecule has 3 rings (SSSR count). The van der Waals surface area contributed by atoms with Gasteiger partial charge in [-0.15, -0.1) is 0 Å². The summed E-state index contributed by atoms with van der Waals surface area (Å²) in [6, 6.07) is 2.03. The van der Waals surface area contributed by atoms with Crippen molar-refractivity contribution in [3.63, 3.8) is 0 Å². The third-order valence-electron chi connectivity index (χ3n) is 3.81. The van der Waals surface area contributed by atoms with Crippen molar-refractivity contribution in [2.24, 2.45) is 11.8 Å². The van der Waals surface area contributed by atoms with Gasteiger partial charge >= 0.3 is 0 Å². The topological polar surface area (TPSA) is 51.8 Å². The normalized spacial score (nSPS) is 35.0. The molecule has 2 N–H and O–H groups in total. The lowest BCUT2D eigenvalue weighted by Crippen LogP contribution is -2.11. The minimum atomic E-state index is 0.422. The Kier molecular flexibility index (Phi) is 1.72. The van der Waals surface area contributed by atoms with E-state index in [2.05, 4.69) is 9.97 Å². The fourth-order valence-corrected chi connectivity index (χ4v) is 3.20. The molecule has 0 radical (unpaired) electrons. The van der Waals surface area contributed by atoms with Gasteiger partial charge in [-0.25, -0.2) is 9.97 Å². The smallest absolute Gasteiger partial charge is 0.220 e. The van der Waals surface area contributed by atoms with Crippen LogP contribution in [0.2, 0.25) is 0 Å². The Balaban J connectivity index is 1.89. The molecule has 3 nitrogen and oxygen atoms in total. The molecule has 2 aliphatic rings. The molecule has 1 heterocycles. The van der Waals surface area contributed by atoms with E-state index >= 15 is 0 Å². The molecule has 0 aromatic carbocycles. The minimum absolute atomic E-state index is 0.422. The number of nitrogen functional groups attached to an aromatic ring is 1. The van der Waals surface area contributed by atoms with Gasteiger partial charge in [0.05, 0.1) is 0 Å². The summed E-state index contributed by atoms with van der Waals surface area (Å²) < 4.78 is 0.